The van der Waals surface area contributed by atoms with Gasteiger partial charge >= 0.3 is 0 Å². The number of ether oxygens (including phenoxy) is 1. The van der Waals surface area contributed by atoms with E-state index in [-0.39, 0.29) is 5.91 Å². The maximum absolute atomic E-state index is 11.4. The van der Waals surface area contributed by atoms with E-state index in [9.17, 15) is 4.79 Å². The second-order valence-electron chi connectivity index (χ2n) is 5.97. The SMILES string of the molecule is COCc1ccc(CN[C@H]2CCN(C(C)=O)C[C@@H]2C)cc1. The van der Waals surface area contributed by atoms with Crippen molar-refractivity contribution in [3.8, 4) is 0 Å². The maximum Gasteiger partial charge on any atom is 0.219 e. The van der Waals surface area contributed by atoms with Gasteiger partial charge in [0.05, 0.1) is 6.61 Å². The molecule has 4 nitrogen and oxygen atoms in total. The molecule has 0 bridgehead atoms. The molecule has 4 heteroatoms. The third-order valence-electron chi connectivity index (χ3n) is 4.25. The number of rotatable bonds is 5. The molecule has 2 rings (SSSR count). The highest BCUT2D eigenvalue weighted by molar-refractivity contribution is 5.73. The molecule has 0 aliphatic carbocycles. The topological polar surface area (TPSA) is 41.6 Å². The van der Waals surface area contributed by atoms with Crippen molar-refractivity contribution in [3.63, 3.8) is 0 Å². The van der Waals surface area contributed by atoms with Crippen molar-refractivity contribution in [2.45, 2.75) is 39.5 Å². The number of nitrogens with one attached hydrogen (secondary N) is 1. The summed E-state index contributed by atoms with van der Waals surface area (Å²) < 4.78 is 5.12. The van der Waals surface area contributed by atoms with E-state index in [2.05, 4.69) is 36.5 Å². The van der Waals surface area contributed by atoms with Crippen molar-refractivity contribution in [1.82, 2.24) is 10.2 Å². The lowest BCUT2D eigenvalue weighted by Gasteiger charge is -2.37. The Morgan fingerprint density at radius 3 is 2.57 bits per heavy atom. The van der Waals surface area contributed by atoms with Crippen LogP contribution in [0.5, 0.6) is 0 Å². The minimum Gasteiger partial charge on any atom is -0.380 e. The molecule has 1 aliphatic heterocycles. The molecule has 116 valence electrons. The molecule has 1 aromatic carbocycles. The molecule has 0 aromatic heterocycles. The fourth-order valence-electron chi connectivity index (χ4n) is 2.90. The molecular weight excluding hydrogens is 264 g/mol. The summed E-state index contributed by atoms with van der Waals surface area (Å²) in [7, 11) is 1.71. The molecular formula is C17H26N2O2. The minimum atomic E-state index is 0.189. The van der Waals surface area contributed by atoms with Crippen LogP contribution >= 0.6 is 0 Å². The van der Waals surface area contributed by atoms with Gasteiger partial charge in [0.1, 0.15) is 0 Å². The molecule has 1 N–H and O–H groups in total. The van der Waals surface area contributed by atoms with Gasteiger partial charge in [0.25, 0.3) is 0 Å². The first-order valence-electron chi connectivity index (χ1n) is 7.65. The van der Waals surface area contributed by atoms with Gasteiger partial charge in [-0.3, -0.25) is 4.79 Å². The largest absolute Gasteiger partial charge is 0.380 e. The van der Waals surface area contributed by atoms with E-state index in [1.807, 2.05) is 4.90 Å². The van der Waals surface area contributed by atoms with Gasteiger partial charge in [-0.2, -0.15) is 0 Å². The van der Waals surface area contributed by atoms with E-state index in [4.69, 9.17) is 4.74 Å². The summed E-state index contributed by atoms with van der Waals surface area (Å²) in [4.78, 5) is 13.4. The van der Waals surface area contributed by atoms with Crippen LogP contribution in [-0.4, -0.2) is 37.0 Å². The predicted molar refractivity (Wildman–Crippen MR) is 83.8 cm³/mol. The molecule has 0 saturated carbocycles. The predicted octanol–water partition coefficient (Wildman–Crippen LogP) is 2.18. The van der Waals surface area contributed by atoms with E-state index < -0.39 is 0 Å². The minimum absolute atomic E-state index is 0.189. The lowest BCUT2D eigenvalue weighted by molar-refractivity contribution is -0.130. The zero-order valence-electron chi connectivity index (χ0n) is 13.3. The Morgan fingerprint density at radius 1 is 1.33 bits per heavy atom. The number of piperidine rings is 1. The number of carbonyl (C=O) groups excluding carboxylic acids is 1. The lowest BCUT2D eigenvalue weighted by atomic mass is 9.93. The lowest BCUT2D eigenvalue weighted by Crippen LogP contribution is -2.49. The molecule has 2 atom stereocenters. The van der Waals surface area contributed by atoms with Crippen molar-refractivity contribution in [2.75, 3.05) is 20.2 Å². The number of amides is 1. The first-order valence-corrected chi connectivity index (χ1v) is 7.65. The van der Waals surface area contributed by atoms with Crippen LogP contribution < -0.4 is 5.32 Å². The Labute approximate surface area is 127 Å². The number of nitrogens with zero attached hydrogens (tertiary/aromatic N) is 1. The van der Waals surface area contributed by atoms with Gasteiger partial charge in [0.15, 0.2) is 0 Å². The highest BCUT2D eigenvalue weighted by Gasteiger charge is 2.26. The van der Waals surface area contributed by atoms with Crippen LogP contribution in [0, 0.1) is 5.92 Å². The Balaban J connectivity index is 1.81. The number of carbonyl (C=O) groups is 1. The third-order valence-corrected chi connectivity index (χ3v) is 4.25. The number of hydrogen-bond acceptors (Lipinski definition) is 3. The maximum atomic E-state index is 11.4. The molecule has 0 unspecified atom stereocenters. The van der Waals surface area contributed by atoms with Gasteiger partial charge in [-0.25, -0.2) is 0 Å². The summed E-state index contributed by atoms with van der Waals surface area (Å²) in [5.74, 6) is 0.685. The van der Waals surface area contributed by atoms with Crippen LogP contribution in [0.3, 0.4) is 0 Å². The zero-order chi connectivity index (χ0) is 15.2. The van der Waals surface area contributed by atoms with Crippen LogP contribution in [0.15, 0.2) is 24.3 Å². The summed E-state index contributed by atoms with van der Waals surface area (Å²) in [6, 6.07) is 9.01. The van der Waals surface area contributed by atoms with Gasteiger partial charge in [-0.1, -0.05) is 31.2 Å². The highest BCUT2D eigenvalue weighted by atomic mass is 16.5. The summed E-state index contributed by atoms with van der Waals surface area (Å²) in [6.45, 7) is 7.14. The fourth-order valence-corrected chi connectivity index (χ4v) is 2.90. The summed E-state index contributed by atoms with van der Waals surface area (Å²) in [5, 5.41) is 3.63. The van der Waals surface area contributed by atoms with Crippen LogP contribution in [0.2, 0.25) is 0 Å². The van der Waals surface area contributed by atoms with E-state index in [1.54, 1.807) is 14.0 Å². The zero-order valence-corrected chi connectivity index (χ0v) is 13.3. The number of hydrogen-bond donors (Lipinski definition) is 1. The van der Waals surface area contributed by atoms with Gasteiger partial charge in [0, 0.05) is 39.7 Å². The van der Waals surface area contributed by atoms with Crippen molar-refractivity contribution >= 4 is 5.91 Å². The molecule has 1 aromatic rings. The Kier molecular flexibility index (Phi) is 5.76. The van der Waals surface area contributed by atoms with Crippen LogP contribution in [0.4, 0.5) is 0 Å². The molecule has 1 saturated heterocycles. The van der Waals surface area contributed by atoms with Gasteiger partial charge in [0.2, 0.25) is 5.91 Å². The van der Waals surface area contributed by atoms with Crippen LogP contribution in [0.25, 0.3) is 0 Å². The smallest absolute Gasteiger partial charge is 0.219 e. The second kappa shape index (κ2) is 7.57. The van der Waals surface area contributed by atoms with Crippen molar-refractivity contribution < 1.29 is 9.53 Å². The number of methoxy groups -OCH3 is 1. The van der Waals surface area contributed by atoms with Gasteiger partial charge in [-0.05, 0) is 23.5 Å². The average Bonchev–Trinajstić information content (AvgIpc) is 2.47. The first-order chi connectivity index (χ1) is 10.1. The van der Waals surface area contributed by atoms with Gasteiger partial charge in [-0.15, -0.1) is 0 Å². The van der Waals surface area contributed by atoms with Crippen LogP contribution in [-0.2, 0) is 22.7 Å². The van der Waals surface area contributed by atoms with Crippen LogP contribution in [0.1, 0.15) is 31.4 Å². The Morgan fingerprint density at radius 2 is 2.00 bits per heavy atom. The fraction of sp³-hybridized carbons (Fsp3) is 0.588. The Bertz CT molecular complexity index is 458. The van der Waals surface area contributed by atoms with Crippen molar-refractivity contribution in [1.29, 1.82) is 0 Å². The molecule has 1 aliphatic rings. The molecule has 1 amide bonds. The number of benzene rings is 1. The first kappa shape index (κ1) is 16.0. The third kappa shape index (κ3) is 4.55. The molecule has 21 heavy (non-hydrogen) atoms. The number of likely N-dealkylation sites (tertiary alicyclic amines) is 1. The second-order valence-corrected chi connectivity index (χ2v) is 5.97. The Hall–Kier alpha value is -1.39. The quantitative estimate of drug-likeness (QED) is 0.904. The van der Waals surface area contributed by atoms with Crippen molar-refractivity contribution in [3.05, 3.63) is 35.4 Å². The molecule has 1 fully saturated rings. The van der Waals surface area contributed by atoms with E-state index in [0.29, 0.717) is 18.6 Å². The average molecular weight is 290 g/mol. The van der Waals surface area contributed by atoms with E-state index in [1.165, 1.54) is 11.1 Å². The summed E-state index contributed by atoms with van der Waals surface area (Å²) in [6.07, 6.45) is 1.03. The summed E-state index contributed by atoms with van der Waals surface area (Å²) in [5.41, 5.74) is 2.49. The normalized spacial score (nSPS) is 22.3. The van der Waals surface area contributed by atoms with E-state index in [0.717, 1.165) is 26.1 Å². The van der Waals surface area contributed by atoms with Crippen molar-refractivity contribution in [2.24, 2.45) is 5.92 Å². The van der Waals surface area contributed by atoms with Gasteiger partial charge < -0.3 is 15.0 Å². The molecule has 0 radical (unpaired) electrons. The highest BCUT2D eigenvalue weighted by Crippen LogP contribution is 2.17. The van der Waals surface area contributed by atoms with E-state index >= 15 is 0 Å². The molecule has 1 heterocycles. The monoisotopic (exact) mass is 290 g/mol. The summed E-state index contributed by atoms with van der Waals surface area (Å²) >= 11 is 0. The standard InChI is InChI=1S/C17H26N2O2/c1-13-11-19(14(2)20)9-8-17(13)18-10-15-4-6-16(7-5-15)12-21-3/h4-7,13,17-18H,8-12H2,1-3H3/t13-,17-/m0/s1. The molecule has 0 spiro atoms.